The van der Waals surface area contributed by atoms with Gasteiger partial charge in [0.2, 0.25) is 0 Å². The van der Waals surface area contributed by atoms with E-state index >= 15 is 0 Å². The summed E-state index contributed by atoms with van der Waals surface area (Å²) in [5.74, 6) is -0.681. The van der Waals surface area contributed by atoms with Gasteiger partial charge in [-0.1, -0.05) is 25.6 Å². The van der Waals surface area contributed by atoms with E-state index in [4.69, 9.17) is 20.0 Å². The average molecular weight is 547 g/mol. The van der Waals surface area contributed by atoms with Crippen LogP contribution in [0.3, 0.4) is 0 Å². The Bertz CT molecular complexity index is 1250. The van der Waals surface area contributed by atoms with Crippen LogP contribution in [0.15, 0.2) is 12.3 Å². The molecule has 5 rings (SSSR count). The van der Waals surface area contributed by atoms with Gasteiger partial charge in [-0.05, 0) is 45.7 Å². The molecule has 1 spiro atoms. The molecule has 3 fully saturated rings. The van der Waals surface area contributed by atoms with Crippen LogP contribution >= 0.6 is 11.8 Å². The zero-order chi connectivity index (χ0) is 27.6. The van der Waals surface area contributed by atoms with Crippen molar-refractivity contribution in [1.29, 1.82) is 5.41 Å². The fourth-order valence-electron chi connectivity index (χ4n) is 5.67. The van der Waals surface area contributed by atoms with Gasteiger partial charge < -0.3 is 24.2 Å². The second-order valence-electron chi connectivity index (χ2n) is 11.6. The highest BCUT2D eigenvalue weighted by atomic mass is 32.2. The van der Waals surface area contributed by atoms with Crippen molar-refractivity contribution in [3.8, 4) is 0 Å². The number of thioether (sulfide) groups is 1. The van der Waals surface area contributed by atoms with Crippen molar-refractivity contribution < 1.29 is 18.7 Å². The molecule has 0 bridgehead atoms. The summed E-state index contributed by atoms with van der Waals surface area (Å²) < 4.78 is 27.0. The minimum absolute atomic E-state index is 0.0214. The number of hydrogen-bond acceptors (Lipinski definition) is 7. The van der Waals surface area contributed by atoms with E-state index in [9.17, 15) is 9.18 Å². The monoisotopic (exact) mass is 546 g/mol. The number of amides is 1. The number of nitrogens with one attached hydrogen (secondary N) is 1. The first-order chi connectivity index (χ1) is 17.8. The summed E-state index contributed by atoms with van der Waals surface area (Å²) in [6.07, 6.45) is 1.26. The summed E-state index contributed by atoms with van der Waals surface area (Å²) in [4.78, 5) is 18.9. The van der Waals surface area contributed by atoms with Crippen molar-refractivity contribution in [2.75, 3.05) is 49.6 Å². The number of fused-ring (bicyclic) bond motifs is 1. The lowest BCUT2D eigenvalue weighted by molar-refractivity contribution is -0.169. The van der Waals surface area contributed by atoms with Crippen LogP contribution in [0.5, 0.6) is 0 Å². The van der Waals surface area contributed by atoms with E-state index in [0.717, 1.165) is 60.7 Å². The maximum atomic E-state index is 13.8. The molecule has 2 unspecified atom stereocenters. The van der Waals surface area contributed by atoms with Gasteiger partial charge in [-0.3, -0.25) is 10.2 Å². The van der Waals surface area contributed by atoms with Crippen LogP contribution in [0.1, 0.15) is 45.9 Å². The number of likely N-dealkylation sites (tertiary alicyclic amines) is 1. The molecule has 1 N–H and O–H groups in total. The Morgan fingerprint density at radius 3 is 2.58 bits per heavy atom. The molecule has 5 heterocycles. The van der Waals surface area contributed by atoms with Crippen molar-refractivity contribution in [3.05, 3.63) is 23.5 Å². The maximum absolute atomic E-state index is 13.8. The van der Waals surface area contributed by atoms with Crippen molar-refractivity contribution in [2.24, 2.45) is 5.41 Å². The van der Waals surface area contributed by atoms with Gasteiger partial charge in [0, 0.05) is 55.8 Å². The highest BCUT2D eigenvalue weighted by Gasteiger charge is 2.55. The number of aromatic nitrogens is 2. The number of rotatable bonds is 6. The lowest BCUT2D eigenvalue weighted by Gasteiger charge is -2.61. The Morgan fingerprint density at radius 1 is 1.32 bits per heavy atom. The fourth-order valence-corrected chi connectivity index (χ4v) is 6.46. The zero-order valence-electron chi connectivity index (χ0n) is 23.4. The number of nitrogens with zero attached hydrogens (tertiary/aromatic N) is 5. The molecule has 3 saturated heterocycles. The molecule has 0 radical (unpaired) electrons. The molecule has 3 atom stereocenters. The second-order valence-corrected chi connectivity index (χ2v) is 12.9. The molecule has 9 nitrogen and oxygen atoms in total. The minimum Gasteiger partial charge on any atom is -0.370 e. The molecule has 11 heteroatoms. The molecule has 3 aliphatic heterocycles. The highest BCUT2D eigenvalue weighted by molar-refractivity contribution is 8.14. The Balaban J connectivity index is 1.30. The predicted molar refractivity (Wildman–Crippen MR) is 149 cm³/mol. The molecule has 0 saturated carbocycles. The molecule has 2 aromatic heterocycles. The van der Waals surface area contributed by atoms with E-state index in [1.165, 1.54) is 18.7 Å². The molecule has 1 amide bonds. The number of carbonyl (C=O) groups excluding carboxylic acids is 1. The van der Waals surface area contributed by atoms with Gasteiger partial charge in [-0.15, -0.1) is 0 Å². The first-order valence-electron chi connectivity index (χ1n) is 13.3. The van der Waals surface area contributed by atoms with Gasteiger partial charge >= 0.3 is 0 Å². The number of anilines is 2. The minimum atomic E-state index is -1.00. The summed E-state index contributed by atoms with van der Waals surface area (Å²) in [6, 6.07) is 2.16. The number of carbonyl (C=O) groups is 1. The third-order valence-electron chi connectivity index (χ3n) is 7.95. The van der Waals surface area contributed by atoms with Crippen molar-refractivity contribution in [2.45, 2.75) is 71.3 Å². The number of hydrogen-bond donors (Lipinski definition) is 1. The zero-order valence-corrected chi connectivity index (χ0v) is 24.2. The SMILES string of the molecule is CCc1nn2cc(C)c(N3CC4(CN(C(=O)C5COC(C)(C)O5)C4)C3)cc2c1N(C)C(=N)SC(C)[C@@H](C)F. The van der Waals surface area contributed by atoms with Crippen LogP contribution in [0.25, 0.3) is 5.52 Å². The van der Waals surface area contributed by atoms with Crippen molar-refractivity contribution >= 4 is 39.7 Å². The first kappa shape index (κ1) is 27.2. The first-order valence-corrected chi connectivity index (χ1v) is 14.2. The largest absolute Gasteiger partial charge is 0.370 e. The second kappa shape index (κ2) is 9.67. The number of alkyl halides is 1. The third-order valence-corrected chi connectivity index (χ3v) is 9.19. The van der Waals surface area contributed by atoms with Crippen LogP contribution in [0, 0.1) is 17.7 Å². The van der Waals surface area contributed by atoms with Gasteiger partial charge in [-0.2, -0.15) is 5.10 Å². The van der Waals surface area contributed by atoms with Crippen LogP contribution < -0.4 is 9.80 Å². The van der Waals surface area contributed by atoms with E-state index in [0.29, 0.717) is 11.8 Å². The molecule has 38 heavy (non-hydrogen) atoms. The number of halogens is 1. The van der Waals surface area contributed by atoms with Gasteiger partial charge in [0.15, 0.2) is 17.1 Å². The van der Waals surface area contributed by atoms with Crippen molar-refractivity contribution in [3.63, 3.8) is 0 Å². The van der Waals surface area contributed by atoms with E-state index in [-0.39, 0.29) is 16.6 Å². The highest BCUT2D eigenvalue weighted by Crippen LogP contribution is 2.44. The number of pyridine rings is 1. The molecular formula is C27H39FN6O3S. The molecule has 2 aromatic rings. The summed E-state index contributed by atoms with van der Waals surface area (Å²) in [5, 5.41) is 13.4. The molecule has 0 aliphatic carbocycles. The smallest absolute Gasteiger partial charge is 0.254 e. The number of amidine groups is 1. The molecule has 0 aromatic carbocycles. The van der Waals surface area contributed by atoms with Gasteiger partial charge in [0.1, 0.15) is 6.17 Å². The Labute approximate surface area is 228 Å². The number of aryl methyl sites for hydroxylation is 2. The van der Waals surface area contributed by atoms with E-state index in [2.05, 4.69) is 24.8 Å². The summed E-state index contributed by atoms with van der Waals surface area (Å²) >= 11 is 1.23. The third kappa shape index (κ3) is 4.77. The predicted octanol–water partition coefficient (Wildman–Crippen LogP) is 3.86. The summed E-state index contributed by atoms with van der Waals surface area (Å²) in [6.45, 7) is 14.7. The summed E-state index contributed by atoms with van der Waals surface area (Å²) in [7, 11) is 1.86. The summed E-state index contributed by atoms with van der Waals surface area (Å²) in [5.41, 5.74) is 5.12. The van der Waals surface area contributed by atoms with E-state index in [1.54, 1.807) is 6.92 Å². The topological polar surface area (TPSA) is 86.4 Å². The molecule has 208 valence electrons. The number of ether oxygens (including phenoxy) is 2. The molecular weight excluding hydrogens is 507 g/mol. The normalized spacial score (nSPS) is 23.3. The quantitative estimate of drug-likeness (QED) is 0.435. The van der Waals surface area contributed by atoms with E-state index in [1.807, 2.05) is 41.4 Å². The maximum Gasteiger partial charge on any atom is 0.254 e. The Morgan fingerprint density at radius 2 is 2.00 bits per heavy atom. The van der Waals surface area contributed by atoms with Crippen LogP contribution in [-0.2, 0) is 20.7 Å². The van der Waals surface area contributed by atoms with Crippen LogP contribution in [0.4, 0.5) is 15.8 Å². The van der Waals surface area contributed by atoms with Crippen LogP contribution in [0.2, 0.25) is 0 Å². The lowest BCUT2D eigenvalue weighted by atomic mass is 9.72. The Hall–Kier alpha value is -2.37. The van der Waals surface area contributed by atoms with Gasteiger partial charge in [0.05, 0.1) is 23.5 Å². The van der Waals surface area contributed by atoms with Gasteiger partial charge in [-0.25, -0.2) is 8.91 Å². The van der Waals surface area contributed by atoms with E-state index < -0.39 is 18.1 Å². The van der Waals surface area contributed by atoms with Crippen LogP contribution in [-0.4, -0.2) is 88.7 Å². The Kier molecular flexibility index (Phi) is 6.93. The lowest BCUT2D eigenvalue weighted by Crippen LogP contribution is -2.74. The van der Waals surface area contributed by atoms with Crippen molar-refractivity contribution in [1.82, 2.24) is 14.5 Å². The van der Waals surface area contributed by atoms with Gasteiger partial charge in [0.25, 0.3) is 5.91 Å². The standard InChI is InChI=1S/C27H39FN6O3S/c1-8-19-23(31(7)25(29)38-18(4)17(3)28)21-9-20(16(2)10-34(21)30-19)32-12-27(13-32)14-33(15-27)24(35)22-11-36-26(5,6)37-22/h9-10,17-18,22,29H,8,11-15H2,1-7H3/t17-,18?,22?/m1/s1. The average Bonchev–Trinajstić information content (AvgIpc) is 3.35. The fraction of sp³-hybridized carbons (Fsp3) is 0.667. The molecule has 3 aliphatic rings.